The maximum Gasteiger partial charge on any atom is 0.256 e. The molecule has 1 saturated heterocycles. The molecule has 0 radical (unpaired) electrons. The summed E-state index contributed by atoms with van der Waals surface area (Å²) < 4.78 is 10.6. The van der Waals surface area contributed by atoms with Crippen LogP contribution >= 0.6 is 0 Å². The molecule has 1 heterocycles. The lowest BCUT2D eigenvalue weighted by Gasteiger charge is -2.28. The summed E-state index contributed by atoms with van der Waals surface area (Å²) in [6.45, 7) is 3.02. The van der Waals surface area contributed by atoms with E-state index in [0.717, 1.165) is 19.3 Å². The number of hydrogen-bond acceptors (Lipinski definition) is 5. The predicted octanol–water partition coefficient (Wildman–Crippen LogP) is 1.62. The molecule has 2 amide bonds. The summed E-state index contributed by atoms with van der Waals surface area (Å²) in [5, 5.41) is 2.71. The Balaban J connectivity index is 2.41. The van der Waals surface area contributed by atoms with Crippen LogP contribution in [0, 0.1) is 0 Å². The van der Waals surface area contributed by atoms with Gasteiger partial charge in [-0.15, -0.1) is 0 Å². The molecule has 132 valence electrons. The first-order chi connectivity index (χ1) is 11.5. The van der Waals surface area contributed by atoms with E-state index in [1.165, 1.54) is 14.2 Å². The monoisotopic (exact) mass is 335 g/mol. The molecule has 7 nitrogen and oxygen atoms in total. The molecule has 0 bridgehead atoms. The van der Waals surface area contributed by atoms with Crippen molar-refractivity contribution in [1.82, 2.24) is 4.90 Å². The molecule has 1 aliphatic rings. The van der Waals surface area contributed by atoms with E-state index in [-0.39, 0.29) is 11.8 Å². The number of carbonyl (C=O) groups excluding carboxylic acids is 2. The van der Waals surface area contributed by atoms with Crippen LogP contribution in [0.4, 0.5) is 5.69 Å². The van der Waals surface area contributed by atoms with Crippen molar-refractivity contribution in [1.29, 1.82) is 0 Å². The van der Waals surface area contributed by atoms with Crippen molar-refractivity contribution >= 4 is 17.5 Å². The third kappa shape index (κ3) is 3.97. The lowest BCUT2D eigenvalue weighted by molar-refractivity contribution is -0.117. The second-order valence-electron chi connectivity index (χ2n) is 5.88. The number of likely N-dealkylation sites (tertiary alicyclic amines) is 1. The third-order valence-corrected chi connectivity index (χ3v) is 4.07. The van der Waals surface area contributed by atoms with Crippen molar-refractivity contribution in [3.05, 3.63) is 17.7 Å². The van der Waals surface area contributed by atoms with Crippen LogP contribution in [0.1, 0.15) is 36.5 Å². The standard InChI is InChI=1S/C17H25N3O4/c1-11(18)16(21)19-13-10-15(24-3)14(23-2)9-12(13)17(22)20-7-5-4-6-8-20/h9-11H,4-8,18H2,1-3H3,(H,19,21)/t11-/m0/s1. The minimum atomic E-state index is -0.684. The number of piperidine rings is 1. The molecule has 1 fully saturated rings. The molecule has 0 aromatic heterocycles. The van der Waals surface area contributed by atoms with Crippen molar-refractivity contribution in [3.63, 3.8) is 0 Å². The Morgan fingerprint density at radius 1 is 1.12 bits per heavy atom. The van der Waals surface area contributed by atoms with E-state index in [9.17, 15) is 9.59 Å². The second kappa shape index (κ2) is 8.01. The summed E-state index contributed by atoms with van der Waals surface area (Å²) in [6, 6.07) is 2.51. The van der Waals surface area contributed by atoms with Gasteiger partial charge in [-0.25, -0.2) is 0 Å². The average Bonchev–Trinajstić information content (AvgIpc) is 2.61. The van der Waals surface area contributed by atoms with Crippen molar-refractivity contribution in [2.75, 3.05) is 32.6 Å². The number of hydrogen-bond donors (Lipinski definition) is 2. The Kier molecular flexibility index (Phi) is 6.03. The van der Waals surface area contributed by atoms with Crippen molar-refractivity contribution < 1.29 is 19.1 Å². The van der Waals surface area contributed by atoms with Gasteiger partial charge in [0.2, 0.25) is 5.91 Å². The fourth-order valence-corrected chi connectivity index (χ4v) is 2.67. The molecule has 1 aromatic carbocycles. The van der Waals surface area contributed by atoms with E-state index < -0.39 is 6.04 Å². The van der Waals surface area contributed by atoms with Gasteiger partial charge in [-0.1, -0.05) is 0 Å². The van der Waals surface area contributed by atoms with E-state index in [2.05, 4.69) is 5.32 Å². The summed E-state index contributed by atoms with van der Waals surface area (Å²) >= 11 is 0. The first-order valence-corrected chi connectivity index (χ1v) is 8.09. The number of ether oxygens (including phenoxy) is 2. The fraction of sp³-hybridized carbons (Fsp3) is 0.529. The highest BCUT2D eigenvalue weighted by Gasteiger charge is 2.24. The summed E-state index contributed by atoms with van der Waals surface area (Å²) in [4.78, 5) is 26.7. The van der Waals surface area contributed by atoms with Gasteiger partial charge in [0.1, 0.15) is 0 Å². The van der Waals surface area contributed by atoms with Crippen LogP contribution in [0.15, 0.2) is 12.1 Å². The molecule has 0 unspecified atom stereocenters. The van der Waals surface area contributed by atoms with Crippen LogP contribution in [0.25, 0.3) is 0 Å². The molecule has 0 spiro atoms. The lowest BCUT2D eigenvalue weighted by Crippen LogP contribution is -2.37. The summed E-state index contributed by atoms with van der Waals surface area (Å²) in [7, 11) is 3.01. The SMILES string of the molecule is COc1cc(NC(=O)[C@H](C)N)c(C(=O)N2CCCCC2)cc1OC. The number of nitrogens with one attached hydrogen (secondary N) is 1. The Morgan fingerprint density at radius 2 is 1.71 bits per heavy atom. The smallest absolute Gasteiger partial charge is 0.256 e. The minimum Gasteiger partial charge on any atom is -0.493 e. The second-order valence-corrected chi connectivity index (χ2v) is 5.88. The van der Waals surface area contributed by atoms with Crippen LogP contribution in [-0.4, -0.2) is 50.1 Å². The number of rotatable bonds is 5. The van der Waals surface area contributed by atoms with E-state index in [1.807, 2.05) is 0 Å². The molecule has 0 aliphatic carbocycles. The minimum absolute atomic E-state index is 0.129. The normalized spacial score (nSPS) is 15.6. The zero-order valence-corrected chi connectivity index (χ0v) is 14.4. The first kappa shape index (κ1) is 18.1. The topological polar surface area (TPSA) is 93.9 Å². The van der Waals surface area contributed by atoms with Gasteiger partial charge in [0.05, 0.1) is 31.5 Å². The van der Waals surface area contributed by atoms with Crippen LogP contribution in [-0.2, 0) is 4.79 Å². The number of nitrogens with zero attached hydrogens (tertiary/aromatic N) is 1. The molecule has 24 heavy (non-hydrogen) atoms. The van der Waals surface area contributed by atoms with Crippen LogP contribution in [0.5, 0.6) is 11.5 Å². The quantitative estimate of drug-likeness (QED) is 0.853. The molecule has 7 heteroatoms. The number of anilines is 1. The van der Waals surface area contributed by atoms with Gasteiger partial charge in [-0.3, -0.25) is 9.59 Å². The molecule has 1 aromatic rings. The number of benzene rings is 1. The predicted molar refractivity (Wildman–Crippen MR) is 91.6 cm³/mol. The largest absolute Gasteiger partial charge is 0.493 e. The van der Waals surface area contributed by atoms with Crippen molar-refractivity contribution in [3.8, 4) is 11.5 Å². The highest BCUT2D eigenvalue weighted by Crippen LogP contribution is 2.34. The fourth-order valence-electron chi connectivity index (χ4n) is 2.67. The van der Waals surface area contributed by atoms with Gasteiger partial charge >= 0.3 is 0 Å². The zero-order chi connectivity index (χ0) is 17.7. The first-order valence-electron chi connectivity index (χ1n) is 8.09. The van der Waals surface area contributed by atoms with E-state index in [1.54, 1.807) is 24.0 Å². The Hall–Kier alpha value is -2.28. The number of amides is 2. The third-order valence-electron chi connectivity index (χ3n) is 4.07. The van der Waals surface area contributed by atoms with Crippen molar-refractivity contribution in [2.24, 2.45) is 5.73 Å². The van der Waals surface area contributed by atoms with Crippen molar-refractivity contribution in [2.45, 2.75) is 32.2 Å². The highest BCUT2D eigenvalue weighted by molar-refractivity contribution is 6.05. The summed E-state index contributed by atoms with van der Waals surface area (Å²) in [6.07, 6.45) is 3.10. The van der Waals surface area contributed by atoms with Gasteiger partial charge in [0.15, 0.2) is 11.5 Å². The number of carbonyl (C=O) groups is 2. The van der Waals surface area contributed by atoms with Crippen LogP contribution in [0.3, 0.4) is 0 Å². The molecule has 3 N–H and O–H groups in total. The molecule has 1 atom stereocenters. The molecular weight excluding hydrogens is 310 g/mol. The Bertz CT molecular complexity index is 610. The molecule has 2 rings (SSSR count). The Labute approximate surface area is 142 Å². The van der Waals surface area contributed by atoms with Crippen LogP contribution in [0.2, 0.25) is 0 Å². The highest BCUT2D eigenvalue weighted by atomic mass is 16.5. The molecule has 1 aliphatic heterocycles. The number of methoxy groups -OCH3 is 2. The summed E-state index contributed by atoms with van der Waals surface area (Å²) in [5.41, 5.74) is 6.37. The van der Waals surface area contributed by atoms with E-state index in [4.69, 9.17) is 15.2 Å². The van der Waals surface area contributed by atoms with Crippen LogP contribution < -0.4 is 20.5 Å². The van der Waals surface area contributed by atoms with E-state index in [0.29, 0.717) is 35.8 Å². The Morgan fingerprint density at radius 3 is 2.25 bits per heavy atom. The maximum atomic E-state index is 12.9. The van der Waals surface area contributed by atoms with Gasteiger partial charge in [0.25, 0.3) is 5.91 Å². The molecular formula is C17H25N3O4. The average molecular weight is 335 g/mol. The maximum absolute atomic E-state index is 12.9. The van der Waals surface area contributed by atoms with Gasteiger partial charge in [-0.2, -0.15) is 0 Å². The van der Waals surface area contributed by atoms with Gasteiger partial charge in [0, 0.05) is 19.2 Å². The lowest BCUT2D eigenvalue weighted by atomic mass is 10.1. The van der Waals surface area contributed by atoms with E-state index >= 15 is 0 Å². The summed E-state index contributed by atoms with van der Waals surface area (Å²) in [5.74, 6) is 0.384. The van der Waals surface area contributed by atoms with Gasteiger partial charge in [-0.05, 0) is 32.3 Å². The van der Waals surface area contributed by atoms with Gasteiger partial charge < -0.3 is 25.4 Å². The molecule has 0 saturated carbocycles. The zero-order valence-electron chi connectivity index (χ0n) is 14.4. The number of nitrogens with two attached hydrogens (primary N) is 1.